The van der Waals surface area contributed by atoms with Crippen molar-refractivity contribution in [1.29, 1.82) is 0 Å². The molecule has 2 heterocycles. The minimum atomic E-state index is 0.0450. The normalized spacial score (nSPS) is 14.6. The van der Waals surface area contributed by atoms with Gasteiger partial charge in [0.25, 0.3) is 6.71 Å². The summed E-state index contributed by atoms with van der Waals surface area (Å²) in [5.74, 6) is 0. The molecule has 0 N–H and O–H groups in total. The van der Waals surface area contributed by atoms with E-state index in [2.05, 4.69) is 202 Å². The van der Waals surface area contributed by atoms with Crippen LogP contribution >= 0.6 is 0 Å². The van der Waals surface area contributed by atoms with E-state index >= 15 is 0 Å². The number of fused-ring (bicyclic) bond motifs is 5. The summed E-state index contributed by atoms with van der Waals surface area (Å²) in [6, 6.07) is 54.9. The third-order valence-electron chi connectivity index (χ3n) is 12.2. The summed E-state index contributed by atoms with van der Waals surface area (Å²) in [5.41, 5.74) is 23.3. The molecule has 0 radical (unpaired) electrons. The Labute approximate surface area is 326 Å². The maximum Gasteiger partial charge on any atom is 0.252 e. The standard InChI is InChI=1S/C51H46BN3/c1-33-18-22-39(23-19-33)53(40-24-20-34(2)21-25-40)41-26-27-46-43(30-41)52-42-28-37-31-51(5,6)32-38(37)29-49(42)55(45-15-10-8-13-36(45)4)48-17-11-16-47(50(48)52)54(46)44-14-9-7-12-35(44)3/h7-30H,31-32H2,1-6H3. The highest BCUT2D eigenvalue weighted by molar-refractivity contribution is 7.00. The Morgan fingerprint density at radius 1 is 0.455 bits per heavy atom. The molecule has 0 unspecified atom stereocenters. The summed E-state index contributed by atoms with van der Waals surface area (Å²) in [6.45, 7) is 13.7. The van der Waals surface area contributed by atoms with E-state index in [9.17, 15) is 0 Å². The summed E-state index contributed by atoms with van der Waals surface area (Å²) in [5, 5.41) is 0. The molecule has 0 bridgehead atoms. The topological polar surface area (TPSA) is 9.72 Å². The molecule has 0 atom stereocenters. The van der Waals surface area contributed by atoms with Crippen LogP contribution in [0.2, 0.25) is 0 Å². The zero-order valence-electron chi connectivity index (χ0n) is 32.7. The second-order valence-corrected chi connectivity index (χ2v) is 16.8. The van der Waals surface area contributed by atoms with Gasteiger partial charge in [0.2, 0.25) is 0 Å². The van der Waals surface area contributed by atoms with Crippen molar-refractivity contribution in [2.45, 2.75) is 54.4 Å². The molecule has 10 rings (SSSR count). The van der Waals surface area contributed by atoms with Gasteiger partial charge in [0.15, 0.2) is 0 Å². The first-order valence-electron chi connectivity index (χ1n) is 19.7. The zero-order valence-corrected chi connectivity index (χ0v) is 32.7. The van der Waals surface area contributed by atoms with Gasteiger partial charge in [-0.3, -0.25) is 0 Å². The van der Waals surface area contributed by atoms with Crippen molar-refractivity contribution >= 4 is 74.3 Å². The predicted molar refractivity (Wildman–Crippen MR) is 235 cm³/mol. The van der Waals surface area contributed by atoms with Crippen molar-refractivity contribution in [2.24, 2.45) is 5.41 Å². The van der Waals surface area contributed by atoms with Crippen LogP contribution < -0.4 is 31.1 Å². The number of nitrogens with zero attached hydrogens (tertiary/aromatic N) is 3. The molecule has 7 aromatic carbocycles. The fourth-order valence-electron chi connectivity index (χ4n) is 9.61. The van der Waals surface area contributed by atoms with E-state index in [0.29, 0.717) is 0 Å². The summed E-state index contributed by atoms with van der Waals surface area (Å²) in [4.78, 5) is 7.53. The maximum atomic E-state index is 2.59. The van der Waals surface area contributed by atoms with E-state index in [0.717, 1.165) is 29.9 Å². The number of anilines is 9. The quantitative estimate of drug-likeness (QED) is 0.165. The van der Waals surface area contributed by atoms with Crippen molar-refractivity contribution in [1.82, 2.24) is 0 Å². The van der Waals surface area contributed by atoms with Crippen LogP contribution in [0, 0.1) is 33.1 Å². The molecule has 7 aromatic rings. The number of benzene rings is 7. The summed E-state index contributed by atoms with van der Waals surface area (Å²) >= 11 is 0. The SMILES string of the molecule is Cc1ccc(N(c2ccc(C)cc2)c2ccc3c(c2)B2c4cc5c(cc4N(c4ccccc4C)c4cccc(c42)N3c2ccccc2C)CC(C)(C)C5)cc1. The molecular formula is C51H46BN3. The van der Waals surface area contributed by atoms with Crippen LogP contribution in [-0.4, -0.2) is 6.71 Å². The van der Waals surface area contributed by atoms with E-state index in [-0.39, 0.29) is 12.1 Å². The van der Waals surface area contributed by atoms with Gasteiger partial charge in [0.05, 0.1) is 0 Å². The van der Waals surface area contributed by atoms with Gasteiger partial charge in [0.1, 0.15) is 0 Å². The molecule has 1 aliphatic carbocycles. The van der Waals surface area contributed by atoms with E-state index < -0.39 is 0 Å². The number of hydrogen-bond donors (Lipinski definition) is 0. The number of aryl methyl sites for hydroxylation is 4. The lowest BCUT2D eigenvalue weighted by atomic mass is 9.33. The molecule has 268 valence electrons. The van der Waals surface area contributed by atoms with Gasteiger partial charge < -0.3 is 14.7 Å². The van der Waals surface area contributed by atoms with Crippen molar-refractivity contribution in [3.63, 3.8) is 0 Å². The molecule has 0 aromatic heterocycles. The number of hydrogen-bond acceptors (Lipinski definition) is 3. The first-order valence-corrected chi connectivity index (χ1v) is 19.7. The first kappa shape index (κ1) is 33.6. The summed E-state index contributed by atoms with van der Waals surface area (Å²) < 4.78 is 0. The van der Waals surface area contributed by atoms with Crippen LogP contribution in [0.25, 0.3) is 0 Å². The van der Waals surface area contributed by atoms with Gasteiger partial charge >= 0.3 is 0 Å². The highest BCUT2D eigenvalue weighted by atomic mass is 15.2. The van der Waals surface area contributed by atoms with E-state index in [1.807, 2.05) is 0 Å². The van der Waals surface area contributed by atoms with Crippen molar-refractivity contribution < 1.29 is 0 Å². The molecule has 0 spiro atoms. The fourth-order valence-corrected chi connectivity index (χ4v) is 9.61. The van der Waals surface area contributed by atoms with Gasteiger partial charge in [-0.25, -0.2) is 0 Å². The molecule has 3 nitrogen and oxygen atoms in total. The Hall–Kier alpha value is -6.00. The Bertz CT molecular complexity index is 2590. The molecular weight excluding hydrogens is 665 g/mol. The van der Waals surface area contributed by atoms with Crippen molar-refractivity contribution in [2.75, 3.05) is 14.7 Å². The van der Waals surface area contributed by atoms with Crippen LogP contribution in [0.4, 0.5) is 51.2 Å². The number of para-hydroxylation sites is 2. The van der Waals surface area contributed by atoms with Crippen LogP contribution in [0.15, 0.2) is 146 Å². The average molecular weight is 712 g/mol. The van der Waals surface area contributed by atoms with Crippen LogP contribution in [0.5, 0.6) is 0 Å². The Morgan fingerprint density at radius 2 is 0.927 bits per heavy atom. The minimum Gasteiger partial charge on any atom is -0.311 e. The minimum absolute atomic E-state index is 0.0450. The van der Waals surface area contributed by atoms with Gasteiger partial charge in [-0.1, -0.05) is 97.8 Å². The monoisotopic (exact) mass is 711 g/mol. The lowest BCUT2D eigenvalue weighted by Crippen LogP contribution is -2.61. The zero-order chi connectivity index (χ0) is 37.6. The van der Waals surface area contributed by atoms with Gasteiger partial charge in [-0.15, -0.1) is 0 Å². The highest BCUT2D eigenvalue weighted by Gasteiger charge is 2.45. The van der Waals surface area contributed by atoms with Gasteiger partial charge in [-0.05, 0) is 157 Å². The fraction of sp³-hybridized carbons (Fsp3) is 0.176. The maximum absolute atomic E-state index is 2.59. The van der Waals surface area contributed by atoms with Crippen molar-refractivity contribution in [3.05, 3.63) is 179 Å². The summed E-state index contributed by atoms with van der Waals surface area (Å²) in [7, 11) is 0. The van der Waals surface area contributed by atoms with E-state index in [4.69, 9.17) is 0 Å². The molecule has 55 heavy (non-hydrogen) atoms. The number of rotatable bonds is 5. The first-order chi connectivity index (χ1) is 26.6. The molecule has 0 amide bonds. The Kier molecular flexibility index (Phi) is 7.65. The molecule has 4 heteroatoms. The third-order valence-corrected chi connectivity index (χ3v) is 12.2. The molecule has 2 aliphatic heterocycles. The molecule has 0 saturated heterocycles. The molecule has 0 saturated carbocycles. The Balaban J connectivity index is 1.28. The van der Waals surface area contributed by atoms with Gasteiger partial charge in [-0.2, -0.15) is 0 Å². The lowest BCUT2D eigenvalue weighted by Gasteiger charge is -2.45. The van der Waals surface area contributed by atoms with Crippen LogP contribution in [0.1, 0.15) is 47.2 Å². The Morgan fingerprint density at radius 3 is 1.49 bits per heavy atom. The smallest absolute Gasteiger partial charge is 0.252 e. The second-order valence-electron chi connectivity index (χ2n) is 16.8. The molecule has 0 fully saturated rings. The van der Waals surface area contributed by atoms with Crippen LogP contribution in [0.3, 0.4) is 0 Å². The van der Waals surface area contributed by atoms with E-state index in [1.165, 1.54) is 83.9 Å². The largest absolute Gasteiger partial charge is 0.311 e. The molecule has 3 aliphatic rings. The second kappa shape index (κ2) is 12.5. The lowest BCUT2D eigenvalue weighted by molar-refractivity contribution is 0.392. The average Bonchev–Trinajstić information content (AvgIpc) is 3.49. The van der Waals surface area contributed by atoms with E-state index in [1.54, 1.807) is 0 Å². The van der Waals surface area contributed by atoms with Gasteiger partial charge in [0, 0.05) is 51.2 Å². The summed E-state index contributed by atoms with van der Waals surface area (Å²) in [6.07, 6.45) is 2.19. The highest BCUT2D eigenvalue weighted by Crippen LogP contribution is 2.48. The third kappa shape index (κ3) is 5.41. The van der Waals surface area contributed by atoms with Crippen molar-refractivity contribution in [3.8, 4) is 0 Å². The predicted octanol–water partition coefficient (Wildman–Crippen LogP) is 11.6. The van der Waals surface area contributed by atoms with Crippen LogP contribution in [-0.2, 0) is 12.8 Å².